The van der Waals surface area contributed by atoms with E-state index in [1.807, 2.05) is 24.3 Å². The molecule has 0 saturated carbocycles. The van der Waals surface area contributed by atoms with Gasteiger partial charge in [0.1, 0.15) is 5.75 Å². The first-order chi connectivity index (χ1) is 6.88. The van der Waals surface area contributed by atoms with Crippen LogP contribution in [0.25, 0.3) is 0 Å². The van der Waals surface area contributed by atoms with Crippen molar-refractivity contribution >= 4 is 0 Å². The van der Waals surface area contributed by atoms with E-state index < -0.39 is 0 Å². The van der Waals surface area contributed by atoms with Crippen LogP contribution in [-0.2, 0) is 6.42 Å². The fraction of sp³-hybridized carbons (Fsp3) is 0.455. The summed E-state index contributed by atoms with van der Waals surface area (Å²) in [5, 5.41) is 17.4. The average Bonchev–Trinajstić information content (AvgIpc) is 2.21. The second kappa shape index (κ2) is 6.40. The van der Waals surface area contributed by atoms with Gasteiger partial charge in [0.15, 0.2) is 0 Å². The number of aliphatic hydroxyl groups excluding tert-OH is 2. The molecule has 0 fully saturated rings. The lowest BCUT2D eigenvalue weighted by atomic mass is 10.1. The molecule has 0 spiro atoms. The molecule has 0 amide bonds. The number of aliphatic hydroxyl groups is 2. The van der Waals surface area contributed by atoms with Crippen molar-refractivity contribution in [1.29, 1.82) is 0 Å². The first-order valence-corrected chi connectivity index (χ1v) is 4.81. The predicted molar refractivity (Wildman–Crippen MR) is 54.4 cm³/mol. The Balaban J connectivity index is 2.55. The molecule has 0 heterocycles. The minimum absolute atomic E-state index is 0.125. The summed E-state index contributed by atoms with van der Waals surface area (Å²) in [5.74, 6) is 0.801. The van der Waals surface area contributed by atoms with Gasteiger partial charge in [-0.05, 0) is 18.1 Å². The largest absolute Gasteiger partial charge is 0.493 e. The van der Waals surface area contributed by atoms with E-state index in [2.05, 4.69) is 0 Å². The van der Waals surface area contributed by atoms with Crippen LogP contribution in [0.2, 0.25) is 0 Å². The topological polar surface area (TPSA) is 49.7 Å². The number of hydrogen-bond acceptors (Lipinski definition) is 3. The molecule has 3 nitrogen and oxygen atoms in total. The van der Waals surface area contributed by atoms with E-state index in [1.165, 1.54) is 0 Å². The zero-order valence-corrected chi connectivity index (χ0v) is 8.15. The van der Waals surface area contributed by atoms with Crippen LogP contribution in [-0.4, -0.2) is 30.0 Å². The number of para-hydroxylation sites is 1. The van der Waals surface area contributed by atoms with Crippen molar-refractivity contribution in [3.05, 3.63) is 29.8 Å². The Bertz CT molecular complexity index is 260. The minimum Gasteiger partial charge on any atom is -0.493 e. The maximum absolute atomic E-state index is 8.82. The molecule has 0 aliphatic heterocycles. The van der Waals surface area contributed by atoms with Crippen LogP contribution in [0.3, 0.4) is 0 Å². The number of rotatable bonds is 6. The van der Waals surface area contributed by atoms with E-state index in [0.29, 0.717) is 19.4 Å². The lowest BCUT2D eigenvalue weighted by Crippen LogP contribution is -2.02. The van der Waals surface area contributed by atoms with Crippen LogP contribution < -0.4 is 4.74 Å². The third kappa shape index (κ3) is 3.36. The van der Waals surface area contributed by atoms with Crippen molar-refractivity contribution in [3.8, 4) is 5.75 Å². The van der Waals surface area contributed by atoms with Crippen LogP contribution in [0.15, 0.2) is 24.3 Å². The summed E-state index contributed by atoms with van der Waals surface area (Å²) in [5.41, 5.74) is 1.01. The third-order valence-corrected chi connectivity index (χ3v) is 1.91. The molecule has 78 valence electrons. The Labute approximate surface area is 84.0 Å². The molecule has 0 aromatic heterocycles. The van der Waals surface area contributed by atoms with Crippen molar-refractivity contribution in [3.63, 3.8) is 0 Å². The van der Waals surface area contributed by atoms with Gasteiger partial charge in [-0.15, -0.1) is 0 Å². The summed E-state index contributed by atoms with van der Waals surface area (Å²) in [6.07, 6.45) is 1.24. The summed E-state index contributed by atoms with van der Waals surface area (Å²) in [7, 11) is 0. The molecule has 14 heavy (non-hydrogen) atoms. The molecule has 1 aromatic rings. The third-order valence-electron chi connectivity index (χ3n) is 1.91. The maximum atomic E-state index is 8.82. The highest BCUT2D eigenvalue weighted by molar-refractivity contribution is 5.33. The molecule has 3 heteroatoms. The molecule has 0 unspecified atom stereocenters. The molecular formula is C11H16O3. The van der Waals surface area contributed by atoms with Gasteiger partial charge in [-0.3, -0.25) is 0 Å². The van der Waals surface area contributed by atoms with Gasteiger partial charge in [-0.25, -0.2) is 0 Å². The van der Waals surface area contributed by atoms with Crippen molar-refractivity contribution in [1.82, 2.24) is 0 Å². The van der Waals surface area contributed by atoms with Crippen LogP contribution in [0, 0.1) is 0 Å². The zero-order valence-electron chi connectivity index (χ0n) is 8.15. The van der Waals surface area contributed by atoms with Gasteiger partial charge in [-0.1, -0.05) is 18.2 Å². The Morgan fingerprint density at radius 1 is 1.07 bits per heavy atom. The summed E-state index contributed by atoms with van der Waals surface area (Å²) in [6.45, 7) is 0.779. The Kier molecular flexibility index (Phi) is 5.04. The van der Waals surface area contributed by atoms with Crippen molar-refractivity contribution in [2.75, 3.05) is 19.8 Å². The SMILES string of the molecule is OCCCOc1ccccc1CCO. The van der Waals surface area contributed by atoms with E-state index >= 15 is 0 Å². The fourth-order valence-electron chi connectivity index (χ4n) is 1.22. The molecule has 0 atom stereocenters. The molecule has 0 aliphatic carbocycles. The van der Waals surface area contributed by atoms with Gasteiger partial charge >= 0.3 is 0 Å². The fourth-order valence-corrected chi connectivity index (χ4v) is 1.22. The van der Waals surface area contributed by atoms with Gasteiger partial charge in [0.25, 0.3) is 0 Å². The molecule has 1 rings (SSSR count). The molecule has 0 radical (unpaired) electrons. The highest BCUT2D eigenvalue weighted by Gasteiger charge is 2.01. The zero-order chi connectivity index (χ0) is 10.2. The summed E-state index contributed by atoms with van der Waals surface area (Å²) in [4.78, 5) is 0. The first kappa shape index (κ1) is 11.0. The number of ether oxygens (including phenoxy) is 1. The second-order valence-electron chi connectivity index (χ2n) is 3.01. The Morgan fingerprint density at radius 2 is 1.86 bits per heavy atom. The van der Waals surface area contributed by atoms with Crippen LogP contribution in [0.5, 0.6) is 5.75 Å². The van der Waals surface area contributed by atoms with E-state index in [-0.39, 0.29) is 13.2 Å². The van der Waals surface area contributed by atoms with Crippen molar-refractivity contribution in [2.24, 2.45) is 0 Å². The minimum atomic E-state index is 0.125. The van der Waals surface area contributed by atoms with E-state index in [9.17, 15) is 0 Å². The molecular weight excluding hydrogens is 180 g/mol. The lowest BCUT2D eigenvalue weighted by Gasteiger charge is -2.09. The van der Waals surface area contributed by atoms with Crippen molar-refractivity contribution < 1.29 is 14.9 Å². The maximum Gasteiger partial charge on any atom is 0.122 e. The van der Waals surface area contributed by atoms with Crippen LogP contribution in [0.1, 0.15) is 12.0 Å². The number of hydrogen-bond donors (Lipinski definition) is 2. The van der Waals surface area contributed by atoms with Crippen LogP contribution in [0.4, 0.5) is 0 Å². The summed E-state index contributed by atoms with van der Waals surface area (Å²) >= 11 is 0. The van der Waals surface area contributed by atoms with Gasteiger partial charge in [0.2, 0.25) is 0 Å². The molecule has 2 N–H and O–H groups in total. The summed E-state index contributed by atoms with van der Waals surface area (Å²) < 4.78 is 5.46. The number of benzene rings is 1. The highest BCUT2D eigenvalue weighted by atomic mass is 16.5. The Morgan fingerprint density at radius 3 is 2.57 bits per heavy atom. The van der Waals surface area contributed by atoms with E-state index in [4.69, 9.17) is 14.9 Å². The normalized spacial score (nSPS) is 10.1. The van der Waals surface area contributed by atoms with Gasteiger partial charge in [0, 0.05) is 19.6 Å². The average molecular weight is 196 g/mol. The monoisotopic (exact) mass is 196 g/mol. The smallest absolute Gasteiger partial charge is 0.122 e. The lowest BCUT2D eigenvalue weighted by molar-refractivity contribution is 0.231. The quantitative estimate of drug-likeness (QED) is 0.667. The predicted octanol–water partition coefficient (Wildman–Crippen LogP) is 0.983. The summed E-state index contributed by atoms with van der Waals surface area (Å²) in [6, 6.07) is 7.63. The Hall–Kier alpha value is -1.06. The van der Waals surface area contributed by atoms with Crippen LogP contribution >= 0.6 is 0 Å². The molecule has 1 aromatic carbocycles. The van der Waals surface area contributed by atoms with Gasteiger partial charge < -0.3 is 14.9 Å². The molecule has 0 aliphatic rings. The molecule has 0 saturated heterocycles. The first-order valence-electron chi connectivity index (χ1n) is 4.81. The molecule has 0 bridgehead atoms. The van der Waals surface area contributed by atoms with Gasteiger partial charge in [-0.2, -0.15) is 0 Å². The highest BCUT2D eigenvalue weighted by Crippen LogP contribution is 2.18. The van der Waals surface area contributed by atoms with Gasteiger partial charge in [0.05, 0.1) is 6.61 Å². The standard InChI is InChI=1S/C11H16O3/c12-7-3-9-14-11-5-2-1-4-10(11)6-8-13/h1-2,4-5,12-13H,3,6-9H2. The second-order valence-corrected chi connectivity index (χ2v) is 3.01. The van der Waals surface area contributed by atoms with E-state index in [0.717, 1.165) is 11.3 Å². The van der Waals surface area contributed by atoms with E-state index in [1.54, 1.807) is 0 Å². The van der Waals surface area contributed by atoms with Crippen molar-refractivity contribution in [2.45, 2.75) is 12.8 Å².